The van der Waals surface area contributed by atoms with Crippen molar-refractivity contribution in [3.63, 3.8) is 0 Å². The largest absolute Gasteiger partial charge is 0.460 e. The quantitative estimate of drug-likeness (QED) is 0.582. The average molecular weight is 323 g/mol. The topological polar surface area (TPSA) is 90.1 Å². The second kappa shape index (κ2) is 5.69. The van der Waals surface area contributed by atoms with E-state index in [2.05, 4.69) is 10.2 Å². The molecule has 7 heteroatoms. The molecule has 24 heavy (non-hydrogen) atoms. The predicted octanol–water partition coefficient (Wildman–Crippen LogP) is 2.33. The Hall–Kier alpha value is -3.35. The van der Waals surface area contributed by atoms with Gasteiger partial charge >= 0.3 is 11.7 Å². The van der Waals surface area contributed by atoms with Crippen molar-refractivity contribution in [2.75, 3.05) is 6.61 Å². The summed E-state index contributed by atoms with van der Waals surface area (Å²) in [5.41, 5.74) is 2.23. The molecule has 0 spiro atoms. The summed E-state index contributed by atoms with van der Waals surface area (Å²) in [5, 5.41) is 7.54. The number of hydrogen-bond donors (Lipinski definition) is 1. The number of esters is 1. The van der Waals surface area contributed by atoms with Crippen molar-refractivity contribution < 1.29 is 13.9 Å². The molecule has 0 radical (unpaired) electrons. The molecule has 0 saturated heterocycles. The number of ether oxygens (including phenoxy) is 1. The molecule has 2 heterocycles. The maximum Gasteiger partial charge on any atom is 0.420 e. The fraction of sp³-hybridized carbons (Fsp3) is 0.118. The highest BCUT2D eigenvalue weighted by Crippen LogP contribution is 2.16. The molecule has 4 rings (SSSR count). The molecule has 0 atom stereocenters. The van der Waals surface area contributed by atoms with Gasteiger partial charge in [-0.15, -0.1) is 0 Å². The van der Waals surface area contributed by atoms with Gasteiger partial charge in [-0.05, 0) is 18.2 Å². The molecule has 0 aliphatic rings. The number of aromatic amines is 1. The molecular weight excluding hydrogens is 310 g/mol. The molecule has 2 aromatic heterocycles. The van der Waals surface area contributed by atoms with Crippen molar-refractivity contribution in [2.45, 2.75) is 6.54 Å². The van der Waals surface area contributed by atoms with Crippen LogP contribution < -0.4 is 5.76 Å². The van der Waals surface area contributed by atoms with E-state index in [0.29, 0.717) is 22.2 Å². The van der Waals surface area contributed by atoms with E-state index in [4.69, 9.17) is 9.15 Å². The van der Waals surface area contributed by atoms with Gasteiger partial charge in [0.05, 0.1) is 29.3 Å². The van der Waals surface area contributed by atoms with E-state index in [9.17, 15) is 9.59 Å². The Kier molecular flexibility index (Phi) is 3.38. The third kappa shape index (κ3) is 2.36. The van der Waals surface area contributed by atoms with Crippen LogP contribution in [0, 0.1) is 0 Å². The average Bonchev–Trinajstić information content (AvgIpc) is 3.19. The van der Waals surface area contributed by atoms with Gasteiger partial charge in [-0.25, -0.2) is 9.59 Å². The van der Waals surface area contributed by atoms with E-state index in [0.717, 1.165) is 5.39 Å². The fourth-order valence-electron chi connectivity index (χ4n) is 2.67. The molecule has 0 unspecified atom stereocenters. The zero-order chi connectivity index (χ0) is 16.5. The van der Waals surface area contributed by atoms with Crippen LogP contribution in [0.3, 0.4) is 0 Å². The lowest BCUT2D eigenvalue weighted by molar-refractivity contribution is 0.0492. The number of nitrogens with zero attached hydrogens (tertiary/aromatic N) is 2. The smallest absolute Gasteiger partial charge is 0.420 e. The van der Waals surface area contributed by atoms with Crippen LogP contribution in [0.1, 0.15) is 10.4 Å². The normalized spacial score (nSPS) is 11.2. The first-order valence-electron chi connectivity index (χ1n) is 7.41. The van der Waals surface area contributed by atoms with Gasteiger partial charge in [0.2, 0.25) is 0 Å². The van der Waals surface area contributed by atoms with Crippen molar-refractivity contribution in [3.8, 4) is 0 Å². The van der Waals surface area contributed by atoms with Gasteiger partial charge < -0.3 is 9.15 Å². The molecule has 0 bridgehead atoms. The highest BCUT2D eigenvalue weighted by molar-refractivity contribution is 6.02. The Morgan fingerprint density at radius 1 is 1.21 bits per heavy atom. The molecule has 0 fully saturated rings. The van der Waals surface area contributed by atoms with E-state index >= 15 is 0 Å². The number of benzene rings is 2. The summed E-state index contributed by atoms with van der Waals surface area (Å²) in [6.07, 6.45) is 1.64. The first-order chi connectivity index (χ1) is 11.7. The number of para-hydroxylation sites is 3. The first-order valence-corrected chi connectivity index (χ1v) is 7.41. The number of nitrogens with one attached hydrogen (secondary N) is 1. The van der Waals surface area contributed by atoms with Crippen LogP contribution in [-0.4, -0.2) is 27.3 Å². The summed E-state index contributed by atoms with van der Waals surface area (Å²) < 4.78 is 11.9. The molecule has 1 N–H and O–H groups in total. The monoisotopic (exact) mass is 323 g/mol. The zero-order valence-corrected chi connectivity index (χ0v) is 12.6. The molecule has 0 saturated carbocycles. The van der Waals surface area contributed by atoms with E-state index in [1.54, 1.807) is 36.5 Å². The summed E-state index contributed by atoms with van der Waals surface area (Å²) >= 11 is 0. The van der Waals surface area contributed by atoms with Crippen molar-refractivity contribution in [1.82, 2.24) is 14.8 Å². The van der Waals surface area contributed by atoms with E-state index < -0.39 is 11.7 Å². The highest BCUT2D eigenvalue weighted by atomic mass is 16.5. The van der Waals surface area contributed by atoms with E-state index in [1.807, 2.05) is 12.1 Å². The number of oxazole rings is 1. The van der Waals surface area contributed by atoms with Gasteiger partial charge in [0.15, 0.2) is 5.58 Å². The van der Waals surface area contributed by atoms with Crippen LogP contribution in [0.25, 0.3) is 22.0 Å². The maximum absolute atomic E-state index is 12.3. The summed E-state index contributed by atoms with van der Waals surface area (Å²) in [4.78, 5) is 24.1. The van der Waals surface area contributed by atoms with Crippen molar-refractivity contribution in [2.24, 2.45) is 0 Å². The van der Waals surface area contributed by atoms with Crippen LogP contribution in [-0.2, 0) is 11.3 Å². The number of hydrogen-bond acceptors (Lipinski definition) is 5. The van der Waals surface area contributed by atoms with Crippen LogP contribution in [0.2, 0.25) is 0 Å². The van der Waals surface area contributed by atoms with Gasteiger partial charge in [0.1, 0.15) is 6.61 Å². The SMILES string of the molecule is O=C(OCCn1c(=O)oc2ccccc21)c1cccc2cn[nH]c12. The molecule has 0 aliphatic carbocycles. The Morgan fingerprint density at radius 2 is 2.08 bits per heavy atom. The van der Waals surface area contributed by atoms with Gasteiger partial charge in [0, 0.05) is 5.39 Å². The Labute approximate surface area is 135 Å². The molecule has 7 nitrogen and oxygen atoms in total. The van der Waals surface area contributed by atoms with Gasteiger partial charge in [-0.1, -0.05) is 24.3 Å². The first kappa shape index (κ1) is 14.3. The van der Waals surface area contributed by atoms with Gasteiger partial charge in [-0.2, -0.15) is 5.10 Å². The van der Waals surface area contributed by atoms with Crippen LogP contribution in [0.4, 0.5) is 0 Å². The lowest BCUT2D eigenvalue weighted by atomic mass is 10.1. The minimum Gasteiger partial charge on any atom is -0.460 e. The second-order valence-corrected chi connectivity index (χ2v) is 5.26. The lowest BCUT2D eigenvalue weighted by Crippen LogP contribution is -2.19. The van der Waals surface area contributed by atoms with Crippen LogP contribution >= 0.6 is 0 Å². The van der Waals surface area contributed by atoms with Crippen LogP contribution in [0.5, 0.6) is 0 Å². The van der Waals surface area contributed by atoms with Gasteiger partial charge in [-0.3, -0.25) is 9.67 Å². The number of aromatic nitrogens is 3. The maximum atomic E-state index is 12.3. The predicted molar refractivity (Wildman–Crippen MR) is 86.9 cm³/mol. The number of rotatable bonds is 4. The van der Waals surface area contributed by atoms with E-state index in [1.165, 1.54) is 4.57 Å². The van der Waals surface area contributed by atoms with Crippen molar-refractivity contribution in [3.05, 3.63) is 64.8 Å². The summed E-state index contributed by atoms with van der Waals surface area (Å²) in [7, 11) is 0. The zero-order valence-electron chi connectivity index (χ0n) is 12.6. The number of fused-ring (bicyclic) bond motifs is 2. The number of carbonyl (C=O) groups excluding carboxylic acids is 1. The Morgan fingerprint density at radius 3 is 3.00 bits per heavy atom. The minimum absolute atomic E-state index is 0.0623. The van der Waals surface area contributed by atoms with Crippen molar-refractivity contribution in [1.29, 1.82) is 0 Å². The summed E-state index contributed by atoms with van der Waals surface area (Å²) in [6, 6.07) is 12.4. The van der Waals surface area contributed by atoms with E-state index in [-0.39, 0.29) is 13.2 Å². The standard InChI is InChI=1S/C17H13N3O4/c21-16(12-5-3-4-11-10-18-19-15(11)12)23-9-8-20-13-6-1-2-7-14(13)24-17(20)22/h1-7,10H,8-9H2,(H,18,19). The molecule has 0 amide bonds. The third-order valence-electron chi connectivity index (χ3n) is 3.82. The fourth-order valence-corrected chi connectivity index (χ4v) is 2.67. The second-order valence-electron chi connectivity index (χ2n) is 5.26. The van der Waals surface area contributed by atoms with Gasteiger partial charge in [0.25, 0.3) is 0 Å². The molecule has 120 valence electrons. The molecule has 4 aromatic rings. The summed E-state index contributed by atoms with van der Waals surface area (Å²) in [6.45, 7) is 0.285. The number of carbonyl (C=O) groups is 1. The Balaban J connectivity index is 1.51. The third-order valence-corrected chi connectivity index (χ3v) is 3.82. The lowest BCUT2D eigenvalue weighted by Gasteiger charge is -2.06. The molecular formula is C17H13N3O4. The molecule has 2 aromatic carbocycles. The Bertz CT molecular complexity index is 1090. The highest BCUT2D eigenvalue weighted by Gasteiger charge is 2.14. The van der Waals surface area contributed by atoms with Crippen molar-refractivity contribution >= 4 is 28.0 Å². The van der Waals surface area contributed by atoms with Crippen LogP contribution in [0.15, 0.2) is 57.9 Å². The summed E-state index contributed by atoms with van der Waals surface area (Å²) in [5.74, 6) is -0.936. The minimum atomic E-state index is -0.470. The molecule has 0 aliphatic heterocycles. The number of H-pyrrole nitrogens is 1.